The second-order valence-electron chi connectivity index (χ2n) is 4.25. The highest BCUT2D eigenvalue weighted by Crippen LogP contribution is 2.27. The number of aliphatic hydroxyl groups is 1. The Balaban J connectivity index is 2.21. The molecule has 0 aliphatic rings. The third kappa shape index (κ3) is 1.95. The number of nitrogens with one attached hydrogen (secondary N) is 2. The zero-order chi connectivity index (χ0) is 13.9. The molecule has 0 aliphatic heterocycles. The lowest BCUT2D eigenvalue weighted by atomic mass is 10.0. The molecule has 0 atom stereocenters. The molecule has 3 aromatic heterocycles. The quantitative estimate of drug-likeness (QED) is 0.502. The first-order valence-electron chi connectivity index (χ1n) is 6.08. The maximum Gasteiger partial charge on any atom is 0.137 e. The summed E-state index contributed by atoms with van der Waals surface area (Å²) < 4.78 is 0. The molecule has 0 radical (unpaired) electrons. The van der Waals surface area contributed by atoms with Gasteiger partial charge >= 0.3 is 0 Å². The van der Waals surface area contributed by atoms with Gasteiger partial charge in [0.15, 0.2) is 0 Å². The summed E-state index contributed by atoms with van der Waals surface area (Å²) in [5.74, 6) is 0.0345. The molecule has 20 heavy (non-hydrogen) atoms. The molecule has 0 aromatic carbocycles. The number of rotatable bonds is 3. The fraction of sp³-hybridized carbons (Fsp3) is 0. The molecule has 5 nitrogen and oxygen atoms in total. The third-order valence-corrected chi connectivity index (χ3v) is 3.08. The van der Waals surface area contributed by atoms with Crippen LogP contribution in [0.25, 0.3) is 22.4 Å². The maximum absolute atomic E-state index is 10.5. The number of aromatic nitrogens is 3. The zero-order valence-electron chi connectivity index (χ0n) is 10.5. The van der Waals surface area contributed by atoms with Crippen molar-refractivity contribution in [3.8, 4) is 0 Å². The van der Waals surface area contributed by atoms with Crippen molar-refractivity contribution in [2.75, 3.05) is 0 Å². The van der Waals surface area contributed by atoms with Gasteiger partial charge in [-0.2, -0.15) is 0 Å². The minimum absolute atomic E-state index is 0.0345. The van der Waals surface area contributed by atoms with Crippen LogP contribution in [0.3, 0.4) is 0 Å². The van der Waals surface area contributed by atoms with Gasteiger partial charge in [0.05, 0.1) is 0 Å². The van der Waals surface area contributed by atoms with Gasteiger partial charge in [0.2, 0.25) is 0 Å². The molecule has 0 aliphatic carbocycles. The Kier molecular flexibility index (Phi) is 3.01. The summed E-state index contributed by atoms with van der Waals surface area (Å²) in [6.07, 6.45) is 7.76. The van der Waals surface area contributed by atoms with E-state index in [1.165, 1.54) is 0 Å². The summed E-state index contributed by atoms with van der Waals surface area (Å²) in [5.41, 5.74) is 2.43. The van der Waals surface area contributed by atoms with Gasteiger partial charge in [0.1, 0.15) is 11.4 Å². The summed E-state index contributed by atoms with van der Waals surface area (Å²) in [5, 5.41) is 18.8. The molecular weight excluding hydrogens is 252 g/mol. The molecule has 0 fully saturated rings. The van der Waals surface area contributed by atoms with E-state index in [4.69, 9.17) is 5.41 Å². The van der Waals surface area contributed by atoms with Gasteiger partial charge in [0.25, 0.3) is 0 Å². The standard InChI is InChI=1S/C15H12N4O/c16-7-12(10-3-1-5-17-8-10)14(20)13-9-19-15-11(13)4-2-6-18-15/h1-9,16,20H,(H,18,19)/b14-12+,16-7?. The Hall–Kier alpha value is -2.95. The van der Waals surface area contributed by atoms with Crippen LogP contribution in [-0.4, -0.2) is 26.3 Å². The van der Waals surface area contributed by atoms with Crippen LogP contribution < -0.4 is 0 Å². The molecule has 0 amide bonds. The summed E-state index contributed by atoms with van der Waals surface area (Å²) in [6.45, 7) is 0. The number of H-pyrrole nitrogens is 1. The van der Waals surface area contributed by atoms with E-state index in [1.807, 2.05) is 6.07 Å². The molecule has 98 valence electrons. The van der Waals surface area contributed by atoms with Crippen molar-refractivity contribution in [1.82, 2.24) is 15.0 Å². The molecule has 0 saturated carbocycles. The number of aliphatic hydroxyl groups excluding tert-OH is 1. The lowest BCUT2D eigenvalue weighted by Gasteiger charge is -2.05. The SMILES string of the molecule is N=C/C(=C(\O)c1c[nH]c2ncccc12)c1cccnc1. The molecular formula is C15H12N4O. The van der Waals surface area contributed by atoms with Crippen molar-refractivity contribution >= 4 is 28.6 Å². The van der Waals surface area contributed by atoms with Crippen LogP contribution in [0.1, 0.15) is 11.1 Å². The summed E-state index contributed by atoms with van der Waals surface area (Å²) in [6, 6.07) is 7.25. The monoisotopic (exact) mass is 264 g/mol. The first-order chi connectivity index (χ1) is 9.81. The Morgan fingerprint density at radius 1 is 1.25 bits per heavy atom. The second-order valence-corrected chi connectivity index (χ2v) is 4.25. The molecule has 0 bridgehead atoms. The molecule has 3 aromatic rings. The van der Waals surface area contributed by atoms with E-state index >= 15 is 0 Å². The molecule has 0 saturated heterocycles. The van der Waals surface area contributed by atoms with Crippen LogP contribution in [0.2, 0.25) is 0 Å². The summed E-state index contributed by atoms with van der Waals surface area (Å²) in [7, 11) is 0. The van der Waals surface area contributed by atoms with E-state index in [1.54, 1.807) is 43.0 Å². The van der Waals surface area contributed by atoms with Crippen LogP contribution in [-0.2, 0) is 0 Å². The van der Waals surface area contributed by atoms with E-state index in [9.17, 15) is 5.11 Å². The van der Waals surface area contributed by atoms with E-state index in [0.717, 1.165) is 11.6 Å². The number of pyridine rings is 2. The van der Waals surface area contributed by atoms with Gasteiger partial charge in [-0.05, 0) is 18.2 Å². The Morgan fingerprint density at radius 3 is 2.85 bits per heavy atom. The van der Waals surface area contributed by atoms with E-state index in [2.05, 4.69) is 15.0 Å². The van der Waals surface area contributed by atoms with Crippen LogP contribution in [0, 0.1) is 5.41 Å². The molecule has 3 N–H and O–H groups in total. The van der Waals surface area contributed by atoms with Gasteiger partial charge in [-0.3, -0.25) is 4.98 Å². The Bertz CT molecular complexity index is 790. The summed E-state index contributed by atoms with van der Waals surface area (Å²) in [4.78, 5) is 11.2. The van der Waals surface area contributed by atoms with E-state index in [-0.39, 0.29) is 5.76 Å². The minimum atomic E-state index is 0.0345. The largest absolute Gasteiger partial charge is 0.507 e. The van der Waals surface area contributed by atoms with Crippen LogP contribution >= 0.6 is 0 Å². The van der Waals surface area contributed by atoms with E-state index < -0.39 is 0 Å². The predicted molar refractivity (Wildman–Crippen MR) is 78.6 cm³/mol. The maximum atomic E-state index is 10.5. The van der Waals surface area contributed by atoms with Gasteiger partial charge in [-0.1, -0.05) is 6.07 Å². The number of nitrogens with zero attached hydrogens (tertiary/aromatic N) is 2. The van der Waals surface area contributed by atoms with Gasteiger partial charge < -0.3 is 15.5 Å². The number of aromatic amines is 1. The van der Waals surface area contributed by atoms with Crippen LogP contribution in [0.15, 0.2) is 49.1 Å². The van der Waals surface area contributed by atoms with Crippen molar-refractivity contribution in [1.29, 1.82) is 5.41 Å². The van der Waals surface area contributed by atoms with Gasteiger partial charge in [0, 0.05) is 53.1 Å². The molecule has 0 unspecified atom stereocenters. The van der Waals surface area contributed by atoms with Crippen molar-refractivity contribution < 1.29 is 5.11 Å². The molecule has 0 spiro atoms. The first-order valence-corrected chi connectivity index (χ1v) is 6.08. The smallest absolute Gasteiger partial charge is 0.137 e. The Morgan fingerprint density at radius 2 is 2.10 bits per heavy atom. The Labute approximate surface area is 115 Å². The fourth-order valence-corrected chi connectivity index (χ4v) is 2.11. The zero-order valence-corrected chi connectivity index (χ0v) is 10.5. The third-order valence-electron chi connectivity index (χ3n) is 3.08. The van der Waals surface area contributed by atoms with E-state index in [0.29, 0.717) is 22.3 Å². The van der Waals surface area contributed by atoms with Crippen molar-refractivity contribution in [3.05, 3.63) is 60.2 Å². The van der Waals surface area contributed by atoms with Crippen LogP contribution in [0.4, 0.5) is 0 Å². The highest BCUT2D eigenvalue weighted by atomic mass is 16.3. The fourth-order valence-electron chi connectivity index (χ4n) is 2.11. The van der Waals surface area contributed by atoms with Crippen molar-refractivity contribution in [2.45, 2.75) is 0 Å². The molecule has 5 heteroatoms. The van der Waals surface area contributed by atoms with Crippen molar-refractivity contribution in [3.63, 3.8) is 0 Å². The highest BCUT2D eigenvalue weighted by Gasteiger charge is 2.13. The normalized spacial score (nSPS) is 12.2. The molecule has 3 rings (SSSR count). The predicted octanol–water partition coefficient (Wildman–Crippen LogP) is 3.03. The van der Waals surface area contributed by atoms with Gasteiger partial charge in [-0.25, -0.2) is 4.98 Å². The summed E-state index contributed by atoms with van der Waals surface area (Å²) >= 11 is 0. The first kappa shape index (κ1) is 12.1. The number of hydrogen-bond acceptors (Lipinski definition) is 4. The molecule has 3 heterocycles. The minimum Gasteiger partial charge on any atom is -0.507 e. The number of fused-ring (bicyclic) bond motifs is 1. The lowest BCUT2D eigenvalue weighted by Crippen LogP contribution is -1.93. The average molecular weight is 264 g/mol. The van der Waals surface area contributed by atoms with Crippen LogP contribution in [0.5, 0.6) is 0 Å². The second kappa shape index (κ2) is 4.97. The number of allylic oxidation sites excluding steroid dienone is 1. The van der Waals surface area contributed by atoms with Gasteiger partial charge in [-0.15, -0.1) is 0 Å². The van der Waals surface area contributed by atoms with Crippen molar-refractivity contribution in [2.24, 2.45) is 0 Å². The average Bonchev–Trinajstić information content (AvgIpc) is 2.93. The number of hydrogen-bond donors (Lipinski definition) is 3. The topological polar surface area (TPSA) is 85.6 Å². The highest BCUT2D eigenvalue weighted by molar-refractivity contribution is 6.18. The lowest BCUT2D eigenvalue weighted by molar-refractivity contribution is 0.515.